The normalized spacial score (nSPS) is 13.6. The molecule has 1 unspecified atom stereocenters. The summed E-state index contributed by atoms with van der Waals surface area (Å²) < 4.78 is 23.3. The molecule has 0 aliphatic carbocycles. The summed E-state index contributed by atoms with van der Waals surface area (Å²) in [6.07, 6.45) is 2.81. The zero-order chi connectivity index (χ0) is 12.9. The molecule has 0 spiro atoms. The molecule has 0 amide bonds. The van der Waals surface area contributed by atoms with Gasteiger partial charge in [0.2, 0.25) is 0 Å². The number of sulfone groups is 1. The Kier molecular flexibility index (Phi) is 5.88. The van der Waals surface area contributed by atoms with Gasteiger partial charge in [-0.2, -0.15) is 0 Å². The molecular weight excluding hydrogens is 349 g/mol. The molecule has 1 N–H and O–H groups in total. The highest BCUT2D eigenvalue weighted by molar-refractivity contribution is 14.1. The lowest BCUT2D eigenvalue weighted by Crippen LogP contribution is -2.17. The monoisotopic (exact) mass is 367 g/mol. The van der Waals surface area contributed by atoms with E-state index in [0.717, 1.165) is 6.42 Å². The van der Waals surface area contributed by atoms with E-state index in [1.165, 1.54) is 15.4 Å². The third-order valence-corrected chi connectivity index (χ3v) is 4.31. The summed E-state index contributed by atoms with van der Waals surface area (Å²) in [5.41, 5.74) is 1.22. The molecule has 17 heavy (non-hydrogen) atoms. The van der Waals surface area contributed by atoms with Gasteiger partial charge in [-0.15, -0.1) is 0 Å². The highest BCUT2D eigenvalue weighted by Gasteiger charge is 2.10. The molecule has 1 rings (SSSR count). The molecule has 0 fully saturated rings. The summed E-state index contributed by atoms with van der Waals surface area (Å²) in [5.74, 6) is 0.259. The van der Waals surface area contributed by atoms with E-state index in [-0.39, 0.29) is 11.8 Å². The smallest absolute Gasteiger partial charge is 0.147 e. The summed E-state index contributed by atoms with van der Waals surface area (Å²) in [5, 5.41) is 3.23. The molecule has 5 heteroatoms. The van der Waals surface area contributed by atoms with Crippen molar-refractivity contribution in [1.82, 2.24) is 5.32 Å². The second-order valence-corrected chi connectivity index (χ2v) is 7.67. The highest BCUT2D eigenvalue weighted by atomic mass is 127. The van der Waals surface area contributed by atoms with Crippen molar-refractivity contribution in [2.45, 2.75) is 18.9 Å². The van der Waals surface area contributed by atoms with Crippen molar-refractivity contribution in [3.63, 3.8) is 0 Å². The van der Waals surface area contributed by atoms with Gasteiger partial charge in [0.05, 0.1) is 0 Å². The average molecular weight is 367 g/mol. The molecule has 1 aromatic carbocycles. The fourth-order valence-corrected chi connectivity index (χ4v) is 3.01. The van der Waals surface area contributed by atoms with Crippen LogP contribution < -0.4 is 5.32 Å². The summed E-state index contributed by atoms with van der Waals surface area (Å²) in [6, 6.07) is 8.50. The molecule has 0 saturated heterocycles. The van der Waals surface area contributed by atoms with Crippen LogP contribution in [0, 0.1) is 3.57 Å². The Hall–Kier alpha value is -0.140. The minimum atomic E-state index is -2.85. The van der Waals surface area contributed by atoms with E-state index in [4.69, 9.17) is 0 Å². The zero-order valence-corrected chi connectivity index (χ0v) is 13.1. The molecule has 0 bridgehead atoms. The van der Waals surface area contributed by atoms with Crippen LogP contribution in [0.5, 0.6) is 0 Å². The zero-order valence-electron chi connectivity index (χ0n) is 10.1. The van der Waals surface area contributed by atoms with Gasteiger partial charge in [-0.1, -0.05) is 12.1 Å². The van der Waals surface area contributed by atoms with Gasteiger partial charge in [-0.05, 0) is 60.2 Å². The fraction of sp³-hybridized carbons (Fsp3) is 0.500. The maximum absolute atomic E-state index is 11.1. The molecule has 1 aromatic rings. The standard InChI is InChI=1S/C12H18INO2S/c1-14-12(7-4-8-17(2,15)16)10-5-3-6-11(13)9-10/h3,5-6,9,12,14H,4,7-8H2,1-2H3. The van der Waals surface area contributed by atoms with Gasteiger partial charge in [0, 0.05) is 21.6 Å². The molecule has 0 aliphatic heterocycles. The van der Waals surface area contributed by atoms with E-state index >= 15 is 0 Å². The third-order valence-electron chi connectivity index (χ3n) is 2.61. The molecule has 0 aromatic heterocycles. The number of hydrogen-bond donors (Lipinski definition) is 1. The van der Waals surface area contributed by atoms with Crippen molar-refractivity contribution in [1.29, 1.82) is 0 Å². The molecule has 96 valence electrons. The number of halogens is 1. The first-order valence-electron chi connectivity index (χ1n) is 5.53. The van der Waals surface area contributed by atoms with Crippen molar-refractivity contribution < 1.29 is 8.42 Å². The van der Waals surface area contributed by atoms with E-state index in [1.54, 1.807) is 0 Å². The summed E-state index contributed by atoms with van der Waals surface area (Å²) in [4.78, 5) is 0. The quantitative estimate of drug-likeness (QED) is 0.786. The third kappa shape index (κ3) is 5.83. The van der Waals surface area contributed by atoms with Gasteiger partial charge in [0.15, 0.2) is 0 Å². The topological polar surface area (TPSA) is 46.2 Å². The Bertz CT molecular complexity index is 459. The second-order valence-electron chi connectivity index (χ2n) is 4.17. The van der Waals surface area contributed by atoms with Crippen molar-refractivity contribution in [3.05, 3.63) is 33.4 Å². The maximum Gasteiger partial charge on any atom is 0.147 e. The van der Waals surface area contributed by atoms with Gasteiger partial charge < -0.3 is 5.32 Å². The summed E-state index contributed by atoms with van der Waals surface area (Å²) in [6.45, 7) is 0. The van der Waals surface area contributed by atoms with Crippen LogP contribution in [0.4, 0.5) is 0 Å². The second kappa shape index (κ2) is 6.70. The number of rotatable bonds is 6. The lowest BCUT2D eigenvalue weighted by molar-refractivity contribution is 0.536. The van der Waals surface area contributed by atoms with Gasteiger partial charge >= 0.3 is 0 Å². The van der Waals surface area contributed by atoms with Crippen LogP contribution >= 0.6 is 22.6 Å². The lowest BCUT2D eigenvalue weighted by atomic mass is 10.0. The van der Waals surface area contributed by atoms with Crippen LogP contribution in [-0.4, -0.2) is 27.5 Å². The van der Waals surface area contributed by atoms with Crippen LogP contribution in [0.2, 0.25) is 0 Å². The van der Waals surface area contributed by atoms with Crippen LogP contribution in [0.25, 0.3) is 0 Å². The predicted molar refractivity (Wildman–Crippen MR) is 79.9 cm³/mol. The molecule has 1 atom stereocenters. The molecular formula is C12H18INO2S. The summed E-state index contributed by atoms with van der Waals surface area (Å²) in [7, 11) is -0.940. The van der Waals surface area contributed by atoms with Gasteiger partial charge in [0.1, 0.15) is 9.84 Å². The van der Waals surface area contributed by atoms with Crippen LogP contribution in [-0.2, 0) is 9.84 Å². The fourth-order valence-electron chi connectivity index (χ4n) is 1.75. The Morgan fingerprint density at radius 2 is 2.12 bits per heavy atom. The number of hydrogen-bond acceptors (Lipinski definition) is 3. The van der Waals surface area contributed by atoms with E-state index in [1.807, 2.05) is 19.2 Å². The average Bonchev–Trinajstić information content (AvgIpc) is 2.23. The Morgan fingerprint density at radius 1 is 1.41 bits per heavy atom. The van der Waals surface area contributed by atoms with Crippen molar-refractivity contribution in [2.75, 3.05) is 19.1 Å². The predicted octanol–water partition coefficient (Wildman–Crippen LogP) is 2.38. The van der Waals surface area contributed by atoms with Gasteiger partial charge in [-0.25, -0.2) is 8.42 Å². The first kappa shape index (κ1) is 14.9. The van der Waals surface area contributed by atoms with Crippen LogP contribution in [0.3, 0.4) is 0 Å². The van der Waals surface area contributed by atoms with E-state index < -0.39 is 9.84 Å². The minimum Gasteiger partial charge on any atom is -0.313 e. The van der Waals surface area contributed by atoms with E-state index in [0.29, 0.717) is 6.42 Å². The molecule has 0 saturated carbocycles. The summed E-state index contributed by atoms with van der Waals surface area (Å²) >= 11 is 2.28. The Labute approximate surface area is 117 Å². The van der Waals surface area contributed by atoms with Crippen molar-refractivity contribution >= 4 is 32.4 Å². The van der Waals surface area contributed by atoms with Crippen LogP contribution in [0.15, 0.2) is 24.3 Å². The van der Waals surface area contributed by atoms with E-state index in [2.05, 4.69) is 40.0 Å². The SMILES string of the molecule is CNC(CCCS(C)(=O)=O)c1cccc(I)c1. The number of nitrogens with one attached hydrogen (secondary N) is 1. The molecule has 0 aliphatic rings. The first-order chi connectivity index (χ1) is 7.92. The molecule has 0 heterocycles. The Morgan fingerprint density at radius 3 is 2.65 bits per heavy atom. The Balaban J connectivity index is 2.60. The minimum absolute atomic E-state index is 0.228. The van der Waals surface area contributed by atoms with Crippen molar-refractivity contribution in [2.24, 2.45) is 0 Å². The molecule has 0 radical (unpaired) electrons. The highest BCUT2D eigenvalue weighted by Crippen LogP contribution is 2.20. The van der Waals surface area contributed by atoms with Crippen LogP contribution in [0.1, 0.15) is 24.4 Å². The lowest BCUT2D eigenvalue weighted by Gasteiger charge is -2.16. The van der Waals surface area contributed by atoms with Gasteiger partial charge in [-0.3, -0.25) is 0 Å². The first-order valence-corrected chi connectivity index (χ1v) is 8.67. The largest absolute Gasteiger partial charge is 0.313 e. The van der Waals surface area contributed by atoms with E-state index in [9.17, 15) is 8.42 Å². The van der Waals surface area contributed by atoms with Crippen molar-refractivity contribution in [3.8, 4) is 0 Å². The maximum atomic E-state index is 11.1. The van der Waals surface area contributed by atoms with Gasteiger partial charge in [0.25, 0.3) is 0 Å². The molecule has 3 nitrogen and oxygen atoms in total. The number of benzene rings is 1.